The predicted octanol–water partition coefficient (Wildman–Crippen LogP) is 4.15. The van der Waals surface area contributed by atoms with Crippen LogP contribution in [0.25, 0.3) is 0 Å². The van der Waals surface area contributed by atoms with E-state index in [1.165, 1.54) is 6.33 Å². The number of nitrogens with zero attached hydrogens (tertiary/aromatic N) is 2. The van der Waals surface area contributed by atoms with Gasteiger partial charge in [-0.25, -0.2) is 9.97 Å². The normalized spacial score (nSPS) is 10.4. The Morgan fingerprint density at radius 3 is 2.65 bits per heavy atom. The Kier molecular flexibility index (Phi) is 5.81. The van der Waals surface area contributed by atoms with Crippen LogP contribution in [0.15, 0.2) is 60.9 Å². The van der Waals surface area contributed by atoms with Crippen LogP contribution in [0.5, 0.6) is 0 Å². The molecule has 1 amide bonds. The van der Waals surface area contributed by atoms with E-state index in [0.717, 1.165) is 23.2 Å². The van der Waals surface area contributed by atoms with E-state index < -0.39 is 0 Å². The van der Waals surface area contributed by atoms with Gasteiger partial charge in [-0.1, -0.05) is 35.9 Å². The quantitative estimate of drug-likeness (QED) is 0.687. The van der Waals surface area contributed by atoms with Crippen molar-refractivity contribution >= 4 is 29.0 Å². The maximum Gasteiger partial charge on any atom is 0.270 e. The minimum absolute atomic E-state index is 0.228. The fourth-order valence-electron chi connectivity index (χ4n) is 2.48. The maximum absolute atomic E-state index is 12.3. The van der Waals surface area contributed by atoms with Gasteiger partial charge in [-0.2, -0.15) is 0 Å². The van der Waals surface area contributed by atoms with Gasteiger partial charge in [-0.05, 0) is 48.7 Å². The van der Waals surface area contributed by atoms with E-state index >= 15 is 0 Å². The van der Waals surface area contributed by atoms with Crippen molar-refractivity contribution in [2.24, 2.45) is 0 Å². The van der Waals surface area contributed by atoms with Crippen LogP contribution in [0.2, 0.25) is 5.02 Å². The summed E-state index contributed by atoms with van der Waals surface area (Å²) in [4.78, 5) is 20.5. The second-order valence-corrected chi connectivity index (χ2v) is 6.35. The van der Waals surface area contributed by atoms with Crippen LogP contribution in [-0.4, -0.2) is 22.4 Å². The number of hydrogen-bond donors (Lipinski definition) is 2. The average Bonchev–Trinajstić information content (AvgIpc) is 2.63. The molecule has 3 aromatic rings. The number of hydrogen-bond acceptors (Lipinski definition) is 4. The van der Waals surface area contributed by atoms with E-state index in [0.29, 0.717) is 23.1 Å². The highest BCUT2D eigenvalue weighted by molar-refractivity contribution is 6.30. The van der Waals surface area contributed by atoms with Gasteiger partial charge in [-0.3, -0.25) is 4.79 Å². The minimum Gasteiger partial charge on any atom is -0.350 e. The number of aryl methyl sites for hydroxylation is 1. The summed E-state index contributed by atoms with van der Waals surface area (Å²) in [6, 6.07) is 17.1. The molecule has 1 aromatic heterocycles. The molecule has 6 heteroatoms. The Morgan fingerprint density at radius 2 is 1.88 bits per heavy atom. The first-order chi connectivity index (χ1) is 12.6. The molecule has 2 N–H and O–H groups in total. The van der Waals surface area contributed by atoms with Crippen LogP contribution in [-0.2, 0) is 6.42 Å². The lowest BCUT2D eigenvalue weighted by atomic mass is 10.1. The maximum atomic E-state index is 12.3. The average molecular weight is 367 g/mol. The lowest BCUT2D eigenvalue weighted by Gasteiger charge is -2.08. The van der Waals surface area contributed by atoms with Crippen molar-refractivity contribution in [1.29, 1.82) is 0 Å². The van der Waals surface area contributed by atoms with Crippen molar-refractivity contribution in [2.45, 2.75) is 13.3 Å². The van der Waals surface area contributed by atoms with Crippen LogP contribution in [0.3, 0.4) is 0 Å². The smallest absolute Gasteiger partial charge is 0.270 e. The van der Waals surface area contributed by atoms with E-state index in [-0.39, 0.29) is 5.91 Å². The monoisotopic (exact) mass is 366 g/mol. The number of nitrogens with one attached hydrogen (secondary N) is 2. The van der Waals surface area contributed by atoms with E-state index in [1.54, 1.807) is 6.07 Å². The number of rotatable bonds is 6. The van der Waals surface area contributed by atoms with E-state index in [4.69, 9.17) is 11.6 Å². The summed E-state index contributed by atoms with van der Waals surface area (Å²) in [6.45, 7) is 2.54. The van der Waals surface area contributed by atoms with Crippen molar-refractivity contribution in [3.05, 3.63) is 82.8 Å². The molecule has 0 radical (unpaired) electrons. The first-order valence-corrected chi connectivity index (χ1v) is 8.66. The van der Waals surface area contributed by atoms with Crippen LogP contribution < -0.4 is 10.6 Å². The van der Waals surface area contributed by atoms with E-state index in [9.17, 15) is 4.79 Å². The standard InChI is InChI=1S/C20H19ClN4O/c1-14-3-2-4-17(11-14)25-19-12-18(23-13-24-19)20(26)22-10-9-15-5-7-16(21)8-6-15/h2-8,11-13H,9-10H2,1H3,(H,22,26)(H,23,24,25). The molecule has 0 bridgehead atoms. The van der Waals surface area contributed by atoms with Crippen LogP contribution in [0, 0.1) is 6.92 Å². The molecule has 3 rings (SSSR count). The Balaban J connectivity index is 1.58. The first kappa shape index (κ1) is 17.9. The summed E-state index contributed by atoms with van der Waals surface area (Å²) in [5.41, 5.74) is 3.49. The molecule has 0 spiro atoms. The van der Waals surface area contributed by atoms with Gasteiger partial charge in [0.1, 0.15) is 17.8 Å². The van der Waals surface area contributed by atoms with Crippen LogP contribution in [0.4, 0.5) is 11.5 Å². The van der Waals surface area contributed by atoms with Crippen molar-refractivity contribution in [3.63, 3.8) is 0 Å². The van der Waals surface area contributed by atoms with Crippen molar-refractivity contribution < 1.29 is 4.79 Å². The van der Waals surface area contributed by atoms with Gasteiger partial charge in [0.25, 0.3) is 5.91 Å². The highest BCUT2D eigenvalue weighted by Gasteiger charge is 2.08. The molecule has 0 aliphatic carbocycles. The fraction of sp³-hybridized carbons (Fsp3) is 0.150. The van der Waals surface area contributed by atoms with Gasteiger partial charge in [-0.15, -0.1) is 0 Å². The molecular formula is C20H19ClN4O. The Labute approximate surface area is 157 Å². The van der Waals surface area contributed by atoms with Crippen molar-refractivity contribution in [1.82, 2.24) is 15.3 Å². The molecule has 0 fully saturated rings. The summed E-state index contributed by atoms with van der Waals surface area (Å²) < 4.78 is 0. The molecule has 26 heavy (non-hydrogen) atoms. The van der Waals surface area contributed by atoms with Gasteiger partial charge in [0.2, 0.25) is 0 Å². The lowest BCUT2D eigenvalue weighted by molar-refractivity contribution is 0.0949. The van der Waals surface area contributed by atoms with Gasteiger partial charge in [0.15, 0.2) is 0 Å². The second kappa shape index (κ2) is 8.45. The number of halogens is 1. The number of amides is 1. The van der Waals surface area contributed by atoms with Gasteiger partial charge in [0.05, 0.1) is 0 Å². The lowest BCUT2D eigenvalue weighted by Crippen LogP contribution is -2.26. The molecule has 2 aromatic carbocycles. The Bertz CT molecular complexity index is 896. The number of aromatic nitrogens is 2. The third kappa shape index (κ3) is 5.04. The molecule has 132 valence electrons. The van der Waals surface area contributed by atoms with Crippen LogP contribution >= 0.6 is 11.6 Å². The zero-order chi connectivity index (χ0) is 18.4. The van der Waals surface area contributed by atoms with Crippen molar-refractivity contribution in [2.75, 3.05) is 11.9 Å². The van der Waals surface area contributed by atoms with Crippen LogP contribution in [0.1, 0.15) is 21.6 Å². The summed E-state index contributed by atoms with van der Waals surface area (Å²) in [5.74, 6) is 0.349. The highest BCUT2D eigenvalue weighted by atomic mass is 35.5. The van der Waals surface area contributed by atoms with Gasteiger partial charge in [0, 0.05) is 23.3 Å². The van der Waals surface area contributed by atoms with Crippen molar-refractivity contribution in [3.8, 4) is 0 Å². The third-order valence-corrected chi connectivity index (χ3v) is 4.05. The molecule has 0 unspecified atom stereocenters. The topological polar surface area (TPSA) is 66.9 Å². The molecule has 0 saturated carbocycles. The summed E-state index contributed by atoms with van der Waals surface area (Å²) in [7, 11) is 0. The second-order valence-electron chi connectivity index (χ2n) is 5.92. The van der Waals surface area contributed by atoms with E-state index in [1.807, 2.05) is 55.5 Å². The summed E-state index contributed by atoms with van der Waals surface area (Å²) in [6.07, 6.45) is 2.11. The third-order valence-electron chi connectivity index (χ3n) is 3.80. The van der Waals surface area contributed by atoms with Gasteiger partial charge < -0.3 is 10.6 Å². The molecule has 0 aliphatic heterocycles. The van der Waals surface area contributed by atoms with E-state index in [2.05, 4.69) is 20.6 Å². The minimum atomic E-state index is -0.228. The Morgan fingerprint density at radius 1 is 1.08 bits per heavy atom. The molecule has 0 saturated heterocycles. The zero-order valence-electron chi connectivity index (χ0n) is 14.4. The fourth-order valence-corrected chi connectivity index (χ4v) is 2.61. The molecule has 0 aliphatic rings. The molecule has 1 heterocycles. The number of benzene rings is 2. The zero-order valence-corrected chi connectivity index (χ0v) is 15.1. The predicted molar refractivity (Wildman–Crippen MR) is 104 cm³/mol. The summed E-state index contributed by atoms with van der Waals surface area (Å²) >= 11 is 5.87. The largest absolute Gasteiger partial charge is 0.350 e. The molecule has 5 nitrogen and oxygen atoms in total. The SMILES string of the molecule is Cc1cccc(Nc2cc(C(=O)NCCc3ccc(Cl)cc3)ncn2)c1. The molecular weight excluding hydrogens is 348 g/mol. The highest BCUT2D eigenvalue weighted by Crippen LogP contribution is 2.16. The number of carbonyl (C=O) groups excluding carboxylic acids is 1. The number of anilines is 2. The molecule has 0 atom stereocenters. The first-order valence-electron chi connectivity index (χ1n) is 8.28. The van der Waals surface area contributed by atoms with Gasteiger partial charge >= 0.3 is 0 Å². The number of carbonyl (C=O) groups is 1. The summed E-state index contributed by atoms with van der Waals surface area (Å²) in [5, 5.41) is 6.76. The Hall–Kier alpha value is -2.92.